The first kappa shape index (κ1) is 21.8. The van der Waals surface area contributed by atoms with Crippen LogP contribution in [0.4, 0.5) is 5.82 Å². The molecule has 2 heterocycles. The molecule has 7 heteroatoms. The number of halogens is 2. The highest BCUT2D eigenvalue weighted by atomic mass is 35.5. The topological polar surface area (TPSA) is 49.3 Å². The smallest absolute Gasteiger partial charge is 0.225 e. The van der Waals surface area contributed by atoms with Crippen molar-refractivity contribution in [3.63, 3.8) is 0 Å². The fourth-order valence-electron chi connectivity index (χ4n) is 3.97. The van der Waals surface area contributed by atoms with Gasteiger partial charge in [0.2, 0.25) is 5.91 Å². The van der Waals surface area contributed by atoms with Crippen LogP contribution in [0.3, 0.4) is 0 Å². The minimum Gasteiger partial charge on any atom is -0.356 e. The summed E-state index contributed by atoms with van der Waals surface area (Å²) in [6.07, 6.45) is 2.47. The average molecular weight is 435 g/mol. The fraction of sp³-hybridized carbons (Fsp3) is 0.500. The molecule has 2 aromatic rings. The monoisotopic (exact) mass is 434 g/mol. The number of anilines is 1. The van der Waals surface area contributed by atoms with Crippen molar-refractivity contribution in [2.24, 2.45) is 5.92 Å². The standard InChI is InChI=1S/C22H28Cl2N4O/c1-14(11-17-5-6-18(23)13-20(17)24)22(29)27(4)19-7-9-28(10-8-19)21-12-15(2)25-16(3)26-21/h5-6,12-14,19H,7-11H2,1-4H3. The van der Waals surface area contributed by atoms with Gasteiger partial charge in [-0.25, -0.2) is 9.97 Å². The van der Waals surface area contributed by atoms with Gasteiger partial charge in [0, 0.05) is 53.9 Å². The Bertz CT molecular complexity index is 861. The predicted octanol–water partition coefficient (Wildman–Crippen LogP) is 4.71. The van der Waals surface area contributed by atoms with Crippen molar-refractivity contribution in [3.05, 3.63) is 51.4 Å². The molecule has 1 aromatic heterocycles. The second-order valence-electron chi connectivity index (χ2n) is 7.92. The molecule has 1 aliphatic heterocycles. The van der Waals surface area contributed by atoms with Crippen LogP contribution in [0.25, 0.3) is 0 Å². The SMILES string of the molecule is Cc1cc(N2CCC(N(C)C(=O)C(C)Cc3ccc(Cl)cc3Cl)CC2)nc(C)n1. The van der Waals surface area contributed by atoms with E-state index in [2.05, 4.69) is 14.9 Å². The van der Waals surface area contributed by atoms with Crippen molar-refractivity contribution in [1.29, 1.82) is 0 Å². The number of nitrogens with zero attached hydrogens (tertiary/aromatic N) is 4. The number of aromatic nitrogens is 2. The van der Waals surface area contributed by atoms with E-state index < -0.39 is 0 Å². The third kappa shape index (κ3) is 5.40. The molecular formula is C22H28Cl2N4O. The molecule has 3 rings (SSSR count). The summed E-state index contributed by atoms with van der Waals surface area (Å²) in [5.74, 6) is 1.80. The molecule has 1 atom stereocenters. The lowest BCUT2D eigenvalue weighted by Gasteiger charge is -2.38. The van der Waals surface area contributed by atoms with Crippen molar-refractivity contribution < 1.29 is 4.79 Å². The maximum absolute atomic E-state index is 13.0. The zero-order valence-electron chi connectivity index (χ0n) is 17.5. The number of amides is 1. The molecule has 0 bridgehead atoms. The van der Waals surface area contributed by atoms with Crippen LogP contribution in [0.2, 0.25) is 10.0 Å². The van der Waals surface area contributed by atoms with E-state index in [1.807, 2.05) is 50.9 Å². The van der Waals surface area contributed by atoms with E-state index in [0.29, 0.717) is 16.5 Å². The lowest BCUT2D eigenvalue weighted by molar-refractivity contribution is -0.136. The highest BCUT2D eigenvalue weighted by molar-refractivity contribution is 6.35. The predicted molar refractivity (Wildman–Crippen MR) is 119 cm³/mol. The minimum absolute atomic E-state index is 0.135. The summed E-state index contributed by atoms with van der Waals surface area (Å²) in [5, 5.41) is 1.22. The van der Waals surface area contributed by atoms with Crippen molar-refractivity contribution in [2.75, 3.05) is 25.0 Å². The Hall–Kier alpha value is -1.85. The van der Waals surface area contributed by atoms with Gasteiger partial charge < -0.3 is 9.80 Å². The van der Waals surface area contributed by atoms with Crippen LogP contribution < -0.4 is 4.90 Å². The van der Waals surface area contributed by atoms with Gasteiger partial charge in [-0.1, -0.05) is 36.2 Å². The first-order chi connectivity index (χ1) is 13.7. The molecule has 0 N–H and O–H groups in total. The van der Waals surface area contributed by atoms with Crippen LogP contribution >= 0.6 is 23.2 Å². The number of piperidine rings is 1. The Morgan fingerprint density at radius 3 is 2.52 bits per heavy atom. The molecule has 1 fully saturated rings. The Balaban J connectivity index is 1.57. The van der Waals surface area contributed by atoms with Crippen molar-refractivity contribution in [1.82, 2.24) is 14.9 Å². The van der Waals surface area contributed by atoms with Crippen LogP contribution in [-0.2, 0) is 11.2 Å². The van der Waals surface area contributed by atoms with Gasteiger partial charge in [0.1, 0.15) is 11.6 Å². The molecule has 0 spiro atoms. The van der Waals surface area contributed by atoms with Crippen molar-refractivity contribution in [2.45, 2.75) is 46.1 Å². The van der Waals surface area contributed by atoms with Crippen molar-refractivity contribution in [3.8, 4) is 0 Å². The molecule has 1 aliphatic rings. The molecule has 1 saturated heterocycles. The van der Waals surface area contributed by atoms with Crippen LogP contribution in [0.15, 0.2) is 24.3 Å². The van der Waals surface area contributed by atoms with E-state index in [-0.39, 0.29) is 17.9 Å². The Kier molecular flexibility index (Phi) is 7.01. The number of rotatable bonds is 5. The van der Waals surface area contributed by atoms with E-state index in [1.165, 1.54) is 0 Å². The molecule has 1 aromatic carbocycles. The molecule has 156 valence electrons. The van der Waals surface area contributed by atoms with E-state index in [0.717, 1.165) is 48.8 Å². The number of benzene rings is 1. The van der Waals surface area contributed by atoms with Gasteiger partial charge >= 0.3 is 0 Å². The minimum atomic E-state index is -0.135. The largest absolute Gasteiger partial charge is 0.356 e. The molecule has 1 amide bonds. The van der Waals surface area contributed by atoms with Crippen molar-refractivity contribution >= 4 is 34.9 Å². The number of hydrogen-bond donors (Lipinski definition) is 0. The summed E-state index contributed by atoms with van der Waals surface area (Å²) in [4.78, 5) is 26.1. The third-order valence-corrected chi connectivity index (χ3v) is 6.19. The van der Waals surface area contributed by atoms with Crippen LogP contribution in [0.5, 0.6) is 0 Å². The average Bonchev–Trinajstić information content (AvgIpc) is 2.68. The number of hydrogen-bond acceptors (Lipinski definition) is 4. The Morgan fingerprint density at radius 1 is 1.21 bits per heavy atom. The number of carbonyl (C=O) groups is 1. The first-order valence-electron chi connectivity index (χ1n) is 10.0. The van der Waals surface area contributed by atoms with Gasteiger partial charge in [-0.2, -0.15) is 0 Å². The summed E-state index contributed by atoms with van der Waals surface area (Å²) in [6, 6.07) is 7.71. The third-order valence-electron chi connectivity index (χ3n) is 5.60. The van der Waals surface area contributed by atoms with Gasteiger partial charge in [0.05, 0.1) is 0 Å². The second kappa shape index (κ2) is 9.31. The van der Waals surface area contributed by atoms with Crippen LogP contribution in [0, 0.1) is 19.8 Å². The molecule has 1 unspecified atom stereocenters. The van der Waals surface area contributed by atoms with Gasteiger partial charge in [-0.15, -0.1) is 0 Å². The summed E-state index contributed by atoms with van der Waals surface area (Å²) in [5.41, 5.74) is 1.94. The summed E-state index contributed by atoms with van der Waals surface area (Å²) < 4.78 is 0. The van der Waals surface area contributed by atoms with E-state index in [4.69, 9.17) is 23.2 Å². The first-order valence-corrected chi connectivity index (χ1v) is 10.8. The molecule has 5 nitrogen and oxygen atoms in total. The second-order valence-corrected chi connectivity index (χ2v) is 8.77. The van der Waals surface area contributed by atoms with E-state index in [1.54, 1.807) is 6.07 Å². The number of carbonyl (C=O) groups excluding carboxylic acids is 1. The Morgan fingerprint density at radius 2 is 1.90 bits per heavy atom. The summed E-state index contributed by atoms with van der Waals surface area (Å²) in [6.45, 7) is 7.65. The fourth-order valence-corrected chi connectivity index (χ4v) is 4.46. The molecule has 0 radical (unpaired) electrons. The molecule has 29 heavy (non-hydrogen) atoms. The molecule has 0 saturated carbocycles. The maximum Gasteiger partial charge on any atom is 0.225 e. The van der Waals surface area contributed by atoms with Gasteiger partial charge in [-0.05, 0) is 50.8 Å². The highest BCUT2D eigenvalue weighted by Gasteiger charge is 2.28. The van der Waals surface area contributed by atoms with E-state index >= 15 is 0 Å². The zero-order valence-corrected chi connectivity index (χ0v) is 19.0. The summed E-state index contributed by atoms with van der Waals surface area (Å²) in [7, 11) is 1.92. The quantitative estimate of drug-likeness (QED) is 0.683. The van der Waals surface area contributed by atoms with Gasteiger partial charge in [-0.3, -0.25) is 4.79 Å². The molecular weight excluding hydrogens is 407 g/mol. The van der Waals surface area contributed by atoms with E-state index in [9.17, 15) is 4.79 Å². The summed E-state index contributed by atoms with van der Waals surface area (Å²) >= 11 is 12.2. The van der Waals surface area contributed by atoms with Gasteiger partial charge in [0.25, 0.3) is 0 Å². The van der Waals surface area contributed by atoms with Crippen LogP contribution in [-0.4, -0.2) is 47.0 Å². The van der Waals surface area contributed by atoms with Gasteiger partial charge in [0.15, 0.2) is 0 Å². The van der Waals surface area contributed by atoms with Crippen LogP contribution in [0.1, 0.15) is 36.8 Å². The maximum atomic E-state index is 13.0. The molecule has 0 aliphatic carbocycles. The highest BCUT2D eigenvalue weighted by Crippen LogP contribution is 2.26. The normalized spacial score (nSPS) is 16.0. The number of aryl methyl sites for hydroxylation is 2. The lowest BCUT2D eigenvalue weighted by atomic mass is 9.97. The Labute approximate surface area is 183 Å². The zero-order chi connectivity index (χ0) is 21.1. The lowest BCUT2D eigenvalue weighted by Crippen LogP contribution is -2.47.